The number of rotatable bonds is 7. The van der Waals surface area contributed by atoms with Crippen LogP contribution in [0, 0.1) is 5.92 Å². The van der Waals surface area contributed by atoms with E-state index in [9.17, 15) is 5.11 Å². The maximum absolute atomic E-state index is 9.68. The molecule has 1 N–H and O–H groups in total. The number of aliphatic hydroxyl groups is 1. The minimum absolute atomic E-state index is 0.116. The predicted octanol–water partition coefficient (Wildman–Crippen LogP) is 2.63. The normalized spacial score (nSPS) is 16.6. The van der Waals surface area contributed by atoms with Gasteiger partial charge in [-0.1, -0.05) is 0 Å². The molecule has 0 radical (unpaired) electrons. The van der Waals surface area contributed by atoms with Gasteiger partial charge in [0.1, 0.15) is 11.5 Å². The largest absolute Gasteiger partial charge is 0.497 e. The highest BCUT2D eigenvalue weighted by Gasteiger charge is 2.28. The lowest BCUT2D eigenvalue weighted by Gasteiger charge is -2.10. The lowest BCUT2D eigenvalue weighted by Crippen LogP contribution is -2.10. The Hall–Kier alpha value is -1.22. The van der Waals surface area contributed by atoms with Crippen LogP contribution in [0.2, 0.25) is 0 Å². The van der Waals surface area contributed by atoms with Crippen LogP contribution in [0.1, 0.15) is 25.7 Å². The molecule has 0 aromatic heterocycles. The number of hydrogen-bond donors (Lipinski definition) is 1. The number of hydrogen-bond acceptors (Lipinski definition) is 3. The molecular weight excluding hydrogens is 216 g/mol. The van der Waals surface area contributed by atoms with Crippen molar-refractivity contribution in [1.29, 1.82) is 0 Å². The molecule has 0 bridgehead atoms. The van der Waals surface area contributed by atoms with Gasteiger partial charge in [-0.2, -0.15) is 0 Å². The minimum Gasteiger partial charge on any atom is -0.497 e. The third kappa shape index (κ3) is 3.93. The monoisotopic (exact) mass is 236 g/mol. The quantitative estimate of drug-likeness (QED) is 0.740. The Balaban J connectivity index is 1.63. The predicted molar refractivity (Wildman–Crippen MR) is 66.5 cm³/mol. The molecule has 1 aliphatic rings. The summed E-state index contributed by atoms with van der Waals surface area (Å²) < 4.78 is 10.7. The first-order valence-electron chi connectivity index (χ1n) is 6.24. The molecular formula is C14H20O3. The smallest absolute Gasteiger partial charge is 0.119 e. The van der Waals surface area contributed by atoms with Crippen molar-refractivity contribution in [1.82, 2.24) is 0 Å². The van der Waals surface area contributed by atoms with Gasteiger partial charge in [-0.3, -0.25) is 0 Å². The topological polar surface area (TPSA) is 38.7 Å². The summed E-state index contributed by atoms with van der Waals surface area (Å²) in [5, 5.41) is 9.68. The fourth-order valence-corrected chi connectivity index (χ4v) is 1.87. The summed E-state index contributed by atoms with van der Waals surface area (Å²) >= 11 is 0. The van der Waals surface area contributed by atoms with Crippen LogP contribution in [-0.2, 0) is 0 Å². The second-order valence-corrected chi connectivity index (χ2v) is 4.57. The first-order chi connectivity index (χ1) is 8.29. The zero-order chi connectivity index (χ0) is 12.1. The summed E-state index contributed by atoms with van der Waals surface area (Å²) in [5.41, 5.74) is 0. The summed E-state index contributed by atoms with van der Waals surface area (Å²) in [6, 6.07) is 7.56. The van der Waals surface area contributed by atoms with E-state index in [1.165, 1.54) is 12.8 Å². The van der Waals surface area contributed by atoms with Gasteiger partial charge < -0.3 is 14.6 Å². The lowest BCUT2D eigenvalue weighted by atomic mass is 10.1. The van der Waals surface area contributed by atoms with E-state index in [-0.39, 0.29) is 6.10 Å². The summed E-state index contributed by atoms with van der Waals surface area (Å²) in [6.45, 7) is 0.663. The molecule has 0 spiro atoms. The Labute approximate surface area is 102 Å². The Morgan fingerprint density at radius 2 is 1.88 bits per heavy atom. The number of ether oxygens (including phenoxy) is 2. The Kier molecular flexibility index (Phi) is 4.26. The van der Waals surface area contributed by atoms with Crippen LogP contribution in [0.3, 0.4) is 0 Å². The van der Waals surface area contributed by atoms with Crippen LogP contribution in [0.25, 0.3) is 0 Å². The molecule has 3 heteroatoms. The second kappa shape index (κ2) is 5.92. The standard InChI is InChI=1S/C14H20O3/c1-16-12-6-8-13(9-7-12)17-10-2-3-14(15)11-4-5-11/h6-9,11,14-15H,2-5,10H2,1H3. The molecule has 2 rings (SSSR count). The zero-order valence-corrected chi connectivity index (χ0v) is 10.3. The summed E-state index contributed by atoms with van der Waals surface area (Å²) in [6.07, 6.45) is 4.03. The van der Waals surface area contributed by atoms with Gasteiger partial charge in [0.25, 0.3) is 0 Å². The highest BCUT2D eigenvalue weighted by Crippen LogP contribution is 2.34. The molecule has 17 heavy (non-hydrogen) atoms. The second-order valence-electron chi connectivity index (χ2n) is 4.57. The SMILES string of the molecule is COc1ccc(OCCCC(O)C2CC2)cc1. The number of methoxy groups -OCH3 is 1. The molecule has 1 aromatic carbocycles. The van der Waals surface area contributed by atoms with Crippen LogP contribution < -0.4 is 9.47 Å². The van der Waals surface area contributed by atoms with Crippen molar-refractivity contribution in [2.75, 3.05) is 13.7 Å². The molecule has 0 amide bonds. The van der Waals surface area contributed by atoms with E-state index in [1.54, 1.807) is 7.11 Å². The van der Waals surface area contributed by atoms with E-state index in [4.69, 9.17) is 9.47 Å². The van der Waals surface area contributed by atoms with Crippen LogP contribution in [-0.4, -0.2) is 24.9 Å². The fraction of sp³-hybridized carbons (Fsp3) is 0.571. The molecule has 1 fully saturated rings. The van der Waals surface area contributed by atoms with Gasteiger partial charge in [-0.15, -0.1) is 0 Å². The first kappa shape index (κ1) is 12.2. The van der Waals surface area contributed by atoms with Crippen LogP contribution >= 0.6 is 0 Å². The van der Waals surface area contributed by atoms with Crippen LogP contribution in [0.5, 0.6) is 11.5 Å². The molecule has 1 aliphatic carbocycles. The van der Waals surface area contributed by atoms with E-state index in [1.807, 2.05) is 24.3 Å². The Bertz CT molecular complexity index is 330. The van der Waals surface area contributed by atoms with Gasteiger partial charge in [0.2, 0.25) is 0 Å². The Morgan fingerprint density at radius 3 is 2.47 bits per heavy atom. The highest BCUT2D eigenvalue weighted by atomic mass is 16.5. The van der Waals surface area contributed by atoms with Gasteiger partial charge in [-0.05, 0) is 55.9 Å². The third-order valence-electron chi connectivity index (χ3n) is 3.14. The molecule has 1 aromatic rings. The van der Waals surface area contributed by atoms with Crippen molar-refractivity contribution in [2.24, 2.45) is 5.92 Å². The van der Waals surface area contributed by atoms with E-state index < -0.39 is 0 Å². The van der Waals surface area contributed by atoms with Crippen molar-refractivity contribution in [2.45, 2.75) is 31.8 Å². The maximum Gasteiger partial charge on any atom is 0.119 e. The van der Waals surface area contributed by atoms with Gasteiger partial charge in [0.15, 0.2) is 0 Å². The lowest BCUT2D eigenvalue weighted by molar-refractivity contribution is 0.131. The highest BCUT2D eigenvalue weighted by molar-refractivity contribution is 5.31. The zero-order valence-electron chi connectivity index (χ0n) is 10.3. The Morgan fingerprint density at radius 1 is 1.24 bits per heavy atom. The molecule has 0 saturated heterocycles. The van der Waals surface area contributed by atoms with Crippen molar-refractivity contribution in [3.8, 4) is 11.5 Å². The maximum atomic E-state index is 9.68. The fourth-order valence-electron chi connectivity index (χ4n) is 1.87. The number of benzene rings is 1. The molecule has 0 aliphatic heterocycles. The van der Waals surface area contributed by atoms with E-state index in [0.29, 0.717) is 12.5 Å². The van der Waals surface area contributed by atoms with E-state index in [2.05, 4.69) is 0 Å². The average molecular weight is 236 g/mol. The minimum atomic E-state index is -0.116. The molecule has 3 nitrogen and oxygen atoms in total. The van der Waals surface area contributed by atoms with Crippen LogP contribution in [0.4, 0.5) is 0 Å². The van der Waals surface area contributed by atoms with Crippen molar-refractivity contribution in [3.63, 3.8) is 0 Å². The summed E-state index contributed by atoms with van der Waals surface area (Å²) in [4.78, 5) is 0. The van der Waals surface area contributed by atoms with Crippen molar-refractivity contribution < 1.29 is 14.6 Å². The van der Waals surface area contributed by atoms with Crippen molar-refractivity contribution >= 4 is 0 Å². The average Bonchev–Trinajstić information content (AvgIpc) is 3.19. The van der Waals surface area contributed by atoms with Gasteiger partial charge in [-0.25, -0.2) is 0 Å². The van der Waals surface area contributed by atoms with Gasteiger partial charge in [0, 0.05) is 0 Å². The van der Waals surface area contributed by atoms with E-state index in [0.717, 1.165) is 24.3 Å². The summed E-state index contributed by atoms with van der Waals surface area (Å²) in [5.74, 6) is 2.25. The third-order valence-corrected chi connectivity index (χ3v) is 3.14. The van der Waals surface area contributed by atoms with E-state index >= 15 is 0 Å². The number of aliphatic hydroxyl groups excluding tert-OH is 1. The molecule has 1 atom stereocenters. The molecule has 1 saturated carbocycles. The summed E-state index contributed by atoms with van der Waals surface area (Å²) in [7, 11) is 1.65. The molecule has 1 unspecified atom stereocenters. The van der Waals surface area contributed by atoms with Crippen molar-refractivity contribution in [3.05, 3.63) is 24.3 Å². The van der Waals surface area contributed by atoms with Crippen LogP contribution in [0.15, 0.2) is 24.3 Å². The van der Waals surface area contributed by atoms with Gasteiger partial charge >= 0.3 is 0 Å². The first-order valence-corrected chi connectivity index (χ1v) is 6.24. The van der Waals surface area contributed by atoms with Gasteiger partial charge in [0.05, 0.1) is 19.8 Å². The molecule has 0 heterocycles. The molecule has 94 valence electrons.